The molecule has 0 spiro atoms. The maximum atomic E-state index is 13.5. The van der Waals surface area contributed by atoms with Crippen molar-refractivity contribution >= 4 is 17.4 Å². The molecule has 0 fully saturated rings. The fraction of sp³-hybridized carbons (Fsp3) is 0. The molecule has 3 nitrogen and oxygen atoms in total. The van der Waals surface area contributed by atoms with Crippen LogP contribution in [0.4, 0.5) is 10.2 Å². The van der Waals surface area contributed by atoms with Crippen LogP contribution < -0.4 is 5.73 Å². The summed E-state index contributed by atoms with van der Waals surface area (Å²) in [6.45, 7) is 0. The maximum absolute atomic E-state index is 13.5. The zero-order chi connectivity index (χ0) is 16.4. The van der Waals surface area contributed by atoms with Gasteiger partial charge in [0.05, 0.1) is 5.69 Å². The van der Waals surface area contributed by atoms with E-state index in [2.05, 4.69) is 4.98 Å². The van der Waals surface area contributed by atoms with Crippen LogP contribution in [0.3, 0.4) is 0 Å². The number of hydrogen-bond acceptors (Lipinski definition) is 3. The van der Waals surface area contributed by atoms with Gasteiger partial charge in [0.15, 0.2) is 0 Å². The molecule has 0 radical (unpaired) electrons. The highest BCUT2D eigenvalue weighted by Gasteiger charge is 2.13. The van der Waals surface area contributed by atoms with Gasteiger partial charge in [0.25, 0.3) is 0 Å². The molecule has 0 aliphatic carbocycles. The Labute approximate surface area is 137 Å². The average molecular weight is 324 g/mol. The lowest BCUT2D eigenvalue weighted by atomic mass is 9.98. The lowest BCUT2D eigenvalue weighted by Gasteiger charge is -2.10. The van der Waals surface area contributed by atoms with Crippen molar-refractivity contribution in [1.82, 2.24) is 4.98 Å². The average Bonchev–Trinajstić information content (AvgIpc) is 2.55. The van der Waals surface area contributed by atoms with E-state index in [0.717, 1.165) is 5.56 Å². The molecule has 0 atom stereocenters. The molecule has 3 aromatic rings. The van der Waals surface area contributed by atoms with Crippen LogP contribution in [0.1, 0.15) is 5.56 Å². The molecular formula is C18H11ClFN3. The second-order valence-electron chi connectivity index (χ2n) is 4.94. The Hall–Kier alpha value is -2.90. The predicted octanol–water partition coefficient (Wildman–Crippen LogP) is 4.66. The quantitative estimate of drug-likeness (QED) is 0.746. The number of nitrogen functional groups attached to an aromatic ring is 1. The van der Waals surface area contributed by atoms with Gasteiger partial charge in [-0.15, -0.1) is 0 Å². The number of nitrogens with zero attached hydrogens (tertiary/aromatic N) is 2. The summed E-state index contributed by atoms with van der Waals surface area (Å²) in [6.07, 6.45) is 0. The molecule has 0 bridgehead atoms. The van der Waals surface area contributed by atoms with Gasteiger partial charge in [0, 0.05) is 16.1 Å². The number of aromatic nitrogens is 1. The van der Waals surface area contributed by atoms with Gasteiger partial charge in [0.1, 0.15) is 23.3 Å². The minimum Gasteiger partial charge on any atom is -0.383 e. The molecule has 0 unspecified atom stereocenters. The Morgan fingerprint density at radius 3 is 2.43 bits per heavy atom. The molecule has 0 amide bonds. The molecule has 0 aliphatic rings. The van der Waals surface area contributed by atoms with E-state index in [-0.39, 0.29) is 17.2 Å². The minimum atomic E-state index is -0.380. The summed E-state index contributed by atoms with van der Waals surface area (Å²) >= 11 is 5.89. The van der Waals surface area contributed by atoms with E-state index >= 15 is 0 Å². The first-order valence-corrected chi connectivity index (χ1v) is 7.19. The first-order valence-electron chi connectivity index (χ1n) is 6.81. The van der Waals surface area contributed by atoms with Gasteiger partial charge < -0.3 is 5.73 Å². The van der Waals surface area contributed by atoms with Gasteiger partial charge in [-0.3, -0.25) is 0 Å². The molecular weight excluding hydrogens is 313 g/mol. The molecule has 1 heterocycles. The lowest BCUT2D eigenvalue weighted by Crippen LogP contribution is -2.00. The summed E-state index contributed by atoms with van der Waals surface area (Å²) in [6, 6.07) is 16.9. The normalized spacial score (nSPS) is 10.3. The standard InChI is InChI=1S/C18H11ClFN3/c19-13-6-4-11(5-7-13)17-9-15(16(10-21)18(22)23-17)12-2-1-3-14(20)8-12/h1-9H,(H2,22,23). The van der Waals surface area contributed by atoms with E-state index in [0.29, 0.717) is 21.8 Å². The van der Waals surface area contributed by atoms with Crippen LogP contribution in [0.15, 0.2) is 54.6 Å². The van der Waals surface area contributed by atoms with Crippen LogP contribution in [0.25, 0.3) is 22.4 Å². The Balaban J connectivity index is 2.22. The minimum absolute atomic E-state index is 0.110. The summed E-state index contributed by atoms with van der Waals surface area (Å²) in [5, 5.41) is 9.96. The summed E-state index contributed by atoms with van der Waals surface area (Å²) < 4.78 is 13.5. The monoisotopic (exact) mass is 323 g/mol. The van der Waals surface area contributed by atoms with Crippen LogP contribution in [0.5, 0.6) is 0 Å². The molecule has 0 saturated heterocycles. The van der Waals surface area contributed by atoms with Crippen molar-refractivity contribution < 1.29 is 4.39 Å². The smallest absolute Gasteiger partial charge is 0.142 e. The van der Waals surface area contributed by atoms with Crippen LogP contribution in [-0.4, -0.2) is 4.98 Å². The Bertz CT molecular complexity index is 915. The molecule has 5 heteroatoms. The molecule has 0 saturated carbocycles. The van der Waals surface area contributed by atoms with Gasteiger partial charge in [-0.1, -0.05) is 35.9 Å². The second-order valence-corrected chi connectivity index (χ2v) is 5.38. The maximum Gasteiger partial charge on any atom is 0.142 e. The summed E-state index contributed by atoms with van der Waals surface area (Å²) in [4.78, 5) is 4.27. The number of benzene rings is 2. The van der Waals surface area contributed by atoms with E-state index in [4.69, 9.17) is 17.3 Å². The number of nitrogens with two attached hydrogens (primary N) is 1. The number of hydrogen-bond donors (Lipinski definition) is 1. The Morgan fingerprint density at radius 2 is 1.78 bits per heavy atom. The highest BCUT2D eigenvalue weighted by Crippen LogP contribution is 2.31. The topological polar surface area (TPSA) is 62.7 Å². The van der Waals surface area contributed by atoms with Crippen LogP contribution >= 0.6 is 11.6 Å². The van der Waals surface area contributed by atoms with Crippen molar-refractivity contribution in [2.75, 3.05) is 5.73 Å². The van der Waals surface area contributed by atoms with Gasteiger partial charge >= 0.3 is 0 Å². The first kappa shape index (κ1) is 15.0. The fourth-order valence-corrected chi connectivity index (χ4v) is 2.46. The zero-order valence-corrected chi connectivity index (χ0v) is 12.7. The first-order chi connectivity index (χ1) is 11.1. The van der Waals surface area contributed by atoms with Gasteiger partial charge in [-0.2, -0.15) is 5.26 Å². The van der Waals surface area contributed by atoms with Crippen molar-refractivity contribution in [2.45, 2.75) is 0 Å². The van der Waals surface area contributed by atoms with Gasteiger partial charge in [-0.25, -0.2) is 9.37 Å². The number of nitriles is 1. The van der Waals surface area contributed by atoms with E-state index < -0.39 is 0 Å². The third kappa shape index (κ3) is 3.01. The third-order valence-electron chi connectivity index (χ3n) is 3.43. The van der Waals surface area contributed by atoms with Crippen molar-refractivity contribution in [3.8, 4) is 28.5 Å². The molecule has 2 aromatic carbocycles. The second kappa shape index (κ2) is 6.07. The number of anilines is 1. The van der Waals surface area contributed by atoms with Crippen molar-refractivity contribution in [2.24, 2.45) is 0 Å². The SMILES string of the molecule is N#Cc1c(-c2cccc(F)c2)cc(-c2ccc(Cl)cc2)nc1N. The predicted molar refractivity (Wildman–Crippen MR) is 89.2 cm³/mol. The van der Waals surface area contributed by atoms with Gasteiger partial charge in [0.2, 0.25) is 0 Å². The molecule has 112 valence electrons. The lowest BCUT2D eigenvalue weighted by molar-refractivity contribution is 0.628. The van der Waals surface area contributed by atoms with E-state index in [1.54, 1.807) is 30.3 Å². The fourth-order valence-electron chi connectivity index (χ4n) is 2.33. The summed E-state index contributed by atoms with van der Waals surface area (Å²) in [5.41, 5.74) is 8.68. The van der Waals surface area contributed by atoms with Crippen molar-refractivity contribution in [3.05, 3.63) is 71.0 Å². The Kier molecular flexibility index (Phi) is 3.96. The Morgan fingerprint density at radius 1 is 1.04 bits per heavy atom. The molecule has 0 aliphatic heterocycles. The summed E-state index contributed by atoms with van der Waals surface area (Å²) in [5.74, 6) is -0.269. The molecule has 23 heavy (non-hydrogen) atoms. The van der Waals surface area contributed by atoms with E-state index in [9.17, 15) is 9.65 Å². The van der Waals surface area contributed by atoms with E-state index in [1.807, 2.05) is 18.2 Å². The zero-order valence-electron chi connectivity index (χ0n) is 11.9. The molecule has 3 rings (SSSR count). The largest absolute Gasteiger partial charge is 0.383 e. The number of pyridine rings is 1. The third-order valence-corrected chi connectivity index (χ3v) is 3.69. The summed E-state index contributed by atoms with van der Waals surface area (Å²) in [7, 11) is 0. The van der Waals surface area contributed by atoms with Crippen LogP contribution in [-0.2, 0) is 0 Å². The molecule has 2 N–H and O–H groups in total. The highest BCUT2D eigenvalue weighted by molar-refractivity contribution is 6.30. The molecule has 1 aromatic heterocycles. The number of rotatable bonds is 2. The van der Waals surface area contributed by atoms with Crippen LogP contribution in [0, 0.1) is 17.1 Å². The van der Waals surface area contributed by atoms with Gasteiger partial charge in [-0.05, 0) is 35.9 Å². The van der Waals surface area contributed by atoms with E-state index in [1.165, 1.54) is 12.1 Å². The number of halogens is 2. The van der Waals surface area contributed by atoms with Crippen molar-refractivity contribution in [1.29, 1.82) is 5.26 Å². The highest BCUT2D eigenvalue weighted by atomic mass is 35.5. The van der Waals surface area contributed by atoms with Crippen molar-refractivity contribution in [3.63, 3.8) is 0 Å². The van der Waals surface area contributed by atoms with Crippen LogP contribution in [0.2, 0.25) is 5.02 Å².